The Hall–Kier alpha value is -2.93. The number of rotatable bonds is 4. The van der Waals surface area contributed by atoms with Crippen molar-refractivity contribution in [3.8, 4) is 6.07 Å². The van der Waals surface area contributed by atoms with Gasteiger partial charge in [-0.05, 0) is 31.4 Å². The Morgan fingerprint density at radius 3 is 2.60 bits per heavy atom. The SMILES string of the molecule is N#Cc1ccc(N2C[C@H](NC(=O)CC3(N)CC3)C[C@H](C(F)(F)F)C2)c2nccnc12. The quantitative estimate of drug-likeness (QED) is 0.789. The molecule has 1 saturated carbocycles. The van der Waals surface area contributed by atoms with Gasteiger partial charge in [-0.3, -0.25) is 14.8 Å². The molecule has 0 spiro atoms. The zero-order valence-corrected chi connectivity index (χ0v) is 16.1. The van der Waals surface area contributed by atoms with Gasteiger partial charge in [-0.1, -0.05) is 0 Å². The molecule has 0 unspecified atom stereocenters. The van der Waals surface area contributed by atoms with E-state index in [1.807, 2.05) is 6.07 Å². The van der Waals surface area contributed by atoms with Crippen molar-refractivity contribution >= 4 is 22.6 Å². The van der Waals surface area contributed by atoms with E-state index >= 15 is 0 Å². The third-order valence-corrected chi connectivity index (χ3v) is 5.75. The van der Waals surface area contributed by atoms with Crippen molar-refractivity contribution in [2.45, 2.75) is 43.4 Å². The largest absolute Gasteiger partial charge is 0.393 e. The number of hydrogen-bond donors (Lipinski definition) is 2. The number of carbonyl (C=O) groups is 1. The van der Waals surface area contributed by atoms with Gasteiger partial charge in [0.1, 0.15) is 17.1 Å². The van der Waals surface area contributed by atoms with E-state index in [0.29, 0.717) is 22.3 Å². The molecule has 4 rings (SSSR count). The first-order valence-electron chi connectivity index (χ1n) is 9.72. The number of anilines is 1. The number of nitrogens with two attached hydrogens (primary N) is 1. The molecule has 30 heavy (non-hydrogen) atoms. The Labute approximate surface area is 171 Å². The van der Waals surface area contributed by atoms with Crippen LogP contribution in [0.15, 0.2) is 24.5 Å². The zero-order valence-electron chi connectivity index (χ0n) is 16.1. The smallest absolute Gasteiger partial charge is 0.367 e. The van der Waals surface area contributed by atoms with Crippen molar-refractivity contribution in [3.63, 3.8) is 0 Å². The van der Waals surface area contributed by atoms with Crippen LogP contribution in [0.25, 0.3) is 11.0 Å². The molecule has 1 aromatic heterocycles. The van der Waals surface area contributed by atoms with Crippen molar-refractivity contribution in [1.29, 1.82) is 5.26 Å². The van der Waals surface area contributed by atoms with E-state index in [9.17, 15) is 23.2 Å². The minimum Gasteiger partial charge on any atom is -0.367 e. The summed E-state index contributed by atoms with van der Waals surface area (Å²) in [4.78, 5) is 22.3. The van der Waals surface area contributed by atoms with Crippen molar-refractivity contribution in [2.24, 2.45) is 11.7 Å². The van der Waals surface area contributed by atoms with Crippen LogP contribution in [-0.4, -0.2) is 46.7 Å². The van der Waals surface area contributed by atoms with Gasteiger partial charge >= 0.3 is 6.18 Å². The van der Waals surface area contributed by atoms with Crippen LogP contribution in [-0.2, 0) is 4.79 Å². The van der Waals surface area contributed by atoms with Gasteiger partial charge in [0.15, 0.2) is 0 Å². The highest BCUT2D eigenvalue weighted by atomic mass is 19.4. The van der Waals surface area contributed by atoms with Crippen LogP contribution in [0.4, 0.5) is 18.9 Å². The normalized spacial score (nSPS) is 23.1. The summed E-state index contributed by atoms with van der Waals surface area (Å²) in [5, 5.41) is 12.0. The molecule has 2 aromatic rings. The maximum atomic E-state index is 13.6. The van der Waals surface area contributed by atoms with Crippen LogP contribution in [0.5, 0.6) is 0 Å². The van der Waals surface area contributed by atoms with Gasteiger partial charge in [0.25, 0.3) is 0 Å². The van der Waals surface area contributed by atoms with Crippen LogP contribution in [0.3, 0.4) is 0 Å². The average molecular weight is 418 g/mol. The van der Waals surface area contributed by atoms with Crippen molar-refractivity contribution in [2.75, 3.05) is 18.0 Å². The molecule has 2 heterocycles. The zero-order chi connectivity index (χ0) is 21.5. The summed E-state index contributed by atoms with van der Waals surface area (Å²) < 4.78 is 40.9. The maximum Gasteiger partial charge on any atom is 0.393 e. The molecular formula is C20H21F3N6O. The highest BCUT2D eigenvalue weighted by Gasteiger charge is 2.46. The number of nitriles is 1. The molecule has 10 heteroatoms. The summed E-state index contributed by atoms with van der Waals surface area (Å²) in [5.74, 6) is -1.93. The topological polar surface area (TPSA) is 108 Å². The lowest BCUT2D eigenvalue weighted by molar-refractivity contribution is -0.178. The summed E-state index contributed by atoms with van der Waals surface area (Å²) >= 11 is 0. The minimum atomic E-state index is -4.40. The number of benzene rings is 1. The fourth-order valence-electron chi connectivity index (χ4n) is 3.96. The number of piperidine rings is 1. The van der Waals surface area contributed by atoms with Crippen LogP contribution >= 0.6 is 0 Å². The lowest BCUT2D eigenvalue weighted by Gasteiger charge is -2.40. The third kappa shape index (κ3) is 4.16. The highest BCUT2D eigenvalue weighted by molar-refractivity contribution is 5.92. The Morgan fingerprint density at radius 1 is 1.27 bits per heavy atom. The predicted molar refractivity (Wildman–Crippen MR) is 103 cm³/mol. The Morgan fingerprint density at radius 2 is 1.97 bits per heavy atom. The number of hydrogen-bond acceptors (Lipinski definition) is 6. The van der Waals surface area contributed by atoms with E-state index in [0.717, 1.165) is 12.8 Å². The number of alkyl halides is 3. The van der Waals surface area contributed by atoms with E-state index in [1.165, 1.54) is 18.5 Å². The molecule has 0 bridgehead atoms. The third-order valence-electron chi connectivity index (χ3n) is 5.75. The number of nitrogens with one attached hydrogen (secondary N) is 1. The molecule has 0 radical (unpaired) electrons. The molecule has 1 saturated heterocycles. The number of fused-ring (bicyclic) bond motifs is 1. The Balaban J connectivity index is 1.63. The molecule has 7 nitrogen and oxygen atoms in total. The molecule has 1 aliphatic carbocycles. The van der Waals surface area contributed by atoms with Crippen LogP contribution in [0.1, 0.15) is 31.2 Å². The van der Waals surface area contributed by atoms with Gasteiger partial charge in [0.2, 0.25) is 5.91 Å². The van der Waals surface area contributed by atoms with Gasteiger partial charge in [0, 0.05) is 43.5 Å². The lowest BCUT2D eigenvalue weighted by atomic mass is 9.92. The second-order valence-electron chi connectivity index (χ2n) is 8.18. The van der Waals surface area contributed by atoms with E-state index < -0.39 is 23.7 Å². The first-order valence-corrected chi connectivity index (χ1v) is 9.72. The van der Waals surface area contributed by atoms with Gasteiger partial charge < -0.3 is 16.0 Å². The molecule has 1 aromatic carbocycles. The summed E-state index contributed by atoms with van der Waals surface area (Å²) in [6, 6.07) is 4.47. The summed E-state index contributed by atoms with van der Waals surface area (Å²) in [6.45, 7) is -0.0538. The lowest BCUT2D eigenvalue weighted by Crippen LogP contribution is -2.54. The first-order chi connectivity index (χ1) is 14.2. The molecular weight excluding hydrogens is 397 g/mol. The second kappa shape index (κ2) is 7.40. The summed E-state index contributed by atoms with van der Waals surface area (Å²) in [6.07, 6.45) is -0.106. The van der Waals surface area contributed by atoms with E-state index in [4.69, 9.17) is 5.73 Å². The van der Waals surface area contributed by atoms with Crippen LogP contribution in [0, 0.1) is 17.2 Å². The predicted octanol–water partition coefficient (Wildman–Crippen LogP) is 2.26. The second-order valence-corrected chi connectivity index (χ2v) is 8.18. The van der Waals surface area contributed by atoms with E-state index in [1.54, 1.807) is 11.0 Å². The number of nitrogens with zero attached hydrogens (tertiary/aromatic N) is 4. The molecule has 158 valence electrons. The van der Waals surface area contributed by atoms with Crippen LogP contribution < -0.4 is 16.0 Å². The fourth-order valence-corrected chi connectivity index (χ4v) is 3.96. The summed E-state index contributed by atoms with van der Waals surface area (Å²) in [7, 11) is 0. The average Bonchev–Trinajstić information content (AvgIpc) is 3.42. The van der Waals surface area contributed by atoms with Crippen molar-refractivity contribution < 1.29 is 18.0 Å². The Bertz CT molecular complexity index is 1010. The number of amides is 1. The Kier molecular flexibility index (Phi) is 5.02. The molecule has 2 fully saturated rings. The molecule has 2 atom stereocenters. The van der Waals surface area contributed by atoms with E-state index in [-0.39, 0.29) is 31.8 Å². The number of halogens is 3. The molecule has 1 aliphatic heterocycles. The standard InChI is InChI=1S/C20H21F3N6O/c21-20(22,23)13-7-14(28-16(30)8-19(25)3-4-19)11-29(10-13)15-2-1-12(9-24)17-18(15)27-6-5-26-17/h1-2,5-6,13-14H,3-4,7-8,10-11,25H2,(H,28,30)/t13-,14+/m0/s1. The maximum absolute atomic E-state index is 13.6. The molecule has 2 aliphatic rings. The van der Waals surface area contributed by atoms with Crippen molar-refractivity contribution in [1.82, 2.24) is 15.3 Å². The minimum absolute atomic E-state index is 0.117. The number of aromatic nitrogens is 2. The van der Waals surface area contributed by atoms with Crippen LogP contribution in [0.2, 0.25) is 0 Å². The van der Waals surface area contributed by atoms with Crippen molar-refractivity contribution in [3.05, 3.63) is 30.1 Å². The molecule has 1 amide bonds. The van der Waals surface area contributed by atoms with Gasteiger partial charge in [-0.15, -0.1) is 0 Å². The highest BCUT2D eigenvalue weighted by Crippen LogP contribution is 2.38. The van der Waals surface area contributed by atoms with Gasteiger partial charge in [-0.2, -0.15) is 18.4 Å². The van der Waals surface area contributed by atoms with Gasteiger partial charge in [-0.25, -0.2) is 0 Å². The molecule has 3 N–H and O–H groups in total. The number of carbonyl (C=O) groups excluding carboxylic acids is 1. The van der Waals surface area contributed by atoms with E-state index in [2.05, 4.69) is 15.3 Å². The monoisotopic (exact) mass is 418 g/mol. The first kappa shape index (κ1) is 20.3. The van der Waals surface area contributed by atoms with Gasteiger partial charge in [0.05, 0.1) is 17.2 Å². The summed E-state index contributed by atoms with van der Waals surface area (Å²) in [5.41, 5.74) is 6.91. The fraction of sp³-hybridized carbons (Fsp3) is 0.500.